The van der Waals surface area contributed by atoms with E-state index in [1.165, 1.54) is 38.2 Å². The Morgan fingerprint density at radius 1 is 1.06 bits per heavy atom. The first-order chi connectivity index (χ1) is 15.0. The predicted molar refractivity (Wildman–Crippen MR) is 118 cm³/mol. The normalized spacial score (nSPS) is 31.5. The van der Waals surface area contributed by atoms with Gasteiger partial charge in [0.15, 0.2) is 0 Å². The zero-order valence-corrected chi connectivity index (χ0v) is 18.7. The molecule has 0 unspecified atom stereocenters. The molecular weight excluding hydrogens is 391 g/mol. The Morgan fingerprint density at radius 2 is 1.84 bits per heavy atom. The average Bonchev–Trinajstić information content (AvgIpc) is 2.79. The van der Waals surface area contributed by atoms with E-state index < -0.39 is 0 Å². The van der Waals surface area contributed by atoms with E-state index in [9.17, 15) is 14.0 Å². The number of carbonyl (C=O) groups excluding carboxylic acids is 2. The maximum absolute atomic E-state index is 14.1. The summed E-state index contributed by atoms with van der Waals surface area (Å²) in [5, 5.41) is 0. The van der Waals surface area contributed by atoms with Crippen LogP contribution < -0.4 is 0 Å². The third-order valence-corrected chi connectivity index (χ3v) is 8.58. The molecule has 1 aromatic rings. The van der Waals surface area contributed by atoms with Crippen LogP contribution in [0.25, 0.3) is 0 Å². The molecule has 3 saturated heterocycles. The first-order valence-corrected chi connectivity index (χ1v) is 12.4. The lowest BCUT2D eigenvalue weighted by Gasteiger charge is -2.57. The predicted octanol–water partition coefficient (Wildman–Crippen LogP) is 4.95. The van der Waals surface area contributed by atoms with Gasteiger partial charge in [0.05, 0.1) is 0 Å². The maximum atomic E-state index is 14.1. The van der Waals surface area contributed by atoms with Crippen molar-refractivity contribution < 1.29 is 14.0 Å². The van der Waals surface area contributed by atoms with Crippen molar-refractivity contribution in [3.8, 4) is 0 Å². The number of likely N-dealkylation sites (tertiary alicyclic amines) is 1. The van der Waals surface area contributed by atoms with E-state index in [2.05, 4.69) is 4.90 Å². The van der Waals surface area contributed by atoms with E-state index in [4.69, 9.17) is 0 Å². The van der Waals surface area contributed by atoms with Gasteiger partial charge >= 0.3 is 0 Å². The Morgan fingerprint density at radius 3 is 2.65 bits per heavy atom. The number of carbonyl (C=O) groups is 2. The summed E-state index contributed by atoms with van der Waals surface area (Å²) >= 11 is 0. The van der Waals surface area contributed by atoms with Crippen molar-refractivity contribution in [2.45, 2.75) is 83.2 Å². The van der Waals surface area contributed by atoms with Crippen molar-refractivity contribution in [1.29, 1.82) is 0 Å². The molecule has 3 aliphatic heterocycles. The zero-order chi connectivity index (χ0) is 21.5. The summed E-state index contributed by atoms with van der Waals surface area (Å²) in [6.45, 7) is 3.08. The minimum Gasteiger partial charge on any atom is -0.338 e. The highest BCUT2D eigenvalue weighted by Crippen LogP contribution is 2.45. The van der Waals surface area contributed by atoms with Gasteiger partial charge in [-0.25, -0.2) is 4.39 Å². The van der Waals surface area contributed by atoms with Crippen LogP contribution in [-0.4, -0.2) is 46.8 Å². The molecule has 0 spiro atoms. The Kier molecular flexibility index (Phi) is 5.78. The monoisotopic (exact) mass is 426 g/mol. The van der Waals surface area contributed by atoms with E-state index in [0.717, 1.165) is 25.7 Å². The minimum atomic E-state index is -0.317. The Balaban J connectivity index is 1.41. The molecule has 4 atom stereocenters. The van der Waals surface area contributed by atoms with Gasteiger partial charge in [-0.05, 0) is 68.1 Å². The number of rotatable bonds is 3. The first kappa shape index (κ1) is 21.0. The Hall–Kier alpha value is -1.91. The fraction of sp³-hybridized carbons (Fsp3) is 0.692. The van der Waals surface area contributed by atoms with Gasteiger partial charge in [-0.2, -0.15) is 0 Å². The molecule has 1 saturated carbocycles. The standard InChI is InChI=1S/C26H35FN2O2/c1-17-21(9-5-10-22(17)27)26(31)28-15-19-14-20(16-28)24(13-18-7-3-2-4-8-18)29-23(19)11-6-12-25(29)30/h5,9-10,18-20,23-24H,2-4,6-8,11-16H2,1H3/t19-,20+,23+,24+/m1/s1. The maximum Gasteiger partial charge on any atom is 0.254 e. The number of nitrogens with zero attached hydrogens (tertiary/aromatic N) is 2. The van der Waals surface area contributed by atoms with E-state index in [-0.39, 0.29) is 23.8 Å². The minimum absolute atomic E-state index is 0.0429. The molecule has 5 heteroatoms. The molecule has 4 aliphatic rings. The summed E-state index contributed by atoms with van der Waals surface area (Å²) in [4.78, 5) is 30.7. The van der Waals surface area contributed by atoms with Gasteiger partial charge in [-0.3, -0.25) is 9.59 Å². The van der Waals surface area contributed by atoms with Crippen LogP contribution in [0.1, 0.15) is 80.1 Å². The third-order valence-electron chi connectivity index (χ3n) is 8.58. The summed E-state index contributed by atoms with van der Waals surface area (Å²) in [7, 11) is 0. The van der Waals surface area contributed by atoms with Crippen LogP contribution >= 0.6 is 0 Å². The highest BCUT2D eigenvalue weighted by Gasteiger charge is 2.50. The molecule has 5 rings (SSSR count). The molecule has 2 amide bonds. The van der Waals surface area contributed by atoms with Crippen LogP contribution in [0.4, 0.5) is 4.39 Å². The molecule has 1 aliphatic carbocycles. The molecule has 1 aromatic carbocycles. The molecule has 4 fully saturated rings. The lowest BCUT2D eigenvalue weighted by Crippen LogP contribution is -2.65. The highest BCUT2D eigenvalue weighted by atomic mass is 19.1. The largest absolute Gasteiger partial charge is 0.338 e. The summed E-state index contributed by atoms with van der Waals surface area (Å²) in [6.07, 6.45) is 11.5. The summed E-state index contributed by atoms with van der Waals surface area (Å²) in [5.74, 6) is 1.39. The van der Waals surface area contributed by atoms with Crippen LogP contribution in [-0.2, 0) is 4.79 Å². The van der Waals surface area contributed by atoms with Crippen molar-refractivity contribution in [2.75, 3.05) is 13.1 Å². The van der Waals surface area contributed by atoms with Gasteiger partial charge in [0.25, 0.3) is 5.91 Å². The Labute approximate surface area is 185 Å². The average molecular weight is 427 g/mol. The fourth-order valence-electron chi connectivity index (χ4n) is 7.02. The van der Waals surface area contributed by atoms with E-state index in [1.54, 1.807) is 19.1 Å². The second kappa shape index (κ2) is 8.55. The molecule has 0 aromatic heterocycles. The molecule has 2 bridgehead atoms. The first-order valence-electron chi connectivity index (χ1n) is 12.4. The molecule has 0 radical (unpaired) electrons. The van der Waals surface area contributed by atoms with Crippen molar-refractivity contribution >= 4 is 11.8 Å². The zero-order valence-electron chi connectivity index (χ0n) is 18.7. The number of benzene rings is 1. The number of fused-ring (bicyclic) bond motifs is 4. The van der Waals surface area contributed by atoms with E-state index >= 15 is 0 Å². The van der Waals surface area contributed by atoms with Gasteiger partial charge in [0.1, 0.15) is 5.82 Å². The number of halogens is 1. The number of hydrogen-bond donors (Lipinski definition) is 0. The van der Waals surface area contributed by atoms with Crippen LogP contribution in [0.5, 0.6) is 0 Å². The van der Waals surface area contributed by atoms with Gasteiger partial charge in [0, 0.05) is 37.2 Å². The summed E-state index contributed by atoms with van der Waals surface area (Å²) in [5.41, 5.74) is 0.928. The number of piperidine rings is 3. The van der Waals surface area contributed by atoms with Gasteiger partial charge in [-0.15, -0.1) is 0 Å². The van der Waals surface area contributed by atoms with E-state index in [0.29, 0.717) is 54.3 Å². The second-order valence-electron chi connectivity index (χ2n) is 10.4. The topological polar surface area (TPSA) is 40.6 Å². The smallest absolute Gasteiger partial charge is 0.254 e. The number of hydrogen-bond acceptors (Lipinski definition) is 2. The quantitative estimate of drug-likeness (QED) is 0.686. The lowest BCUT2D eigenvalue weighted by molar-refractivity contribution is -0.153. The molecule has 0 N–H and O–H groups in total. The molecule has 168 valence electrons. The second-order valence-corrected chi connectivity index (χ2v) is 10.4. The van der Waals surface area contributed by atoms with Crippen molar-refractivity contribution in [1.82, 2.24) is 9.80 Å². The van der Waals surface area contributed by atoms with Gasteiger partial charge in [0.2, 0.25) is 5.91 Å². The fourth-order valence-corrected chi connectivity index (χ4v) is 7.02. The molecule has 3 heterocycles. The Bertz CT molecular complexity index is 850. The van der Waals surface area contributed by atoms with Crippen LogP contribution in [0.2, 0.25) is 0 Å². The third kappa shape index (κ3) is 3.89. The van der Waals surface area contributed by atoms with Crippen LogP contribution in [0.3, 0.4) is 0 Å². The van der Waals surface area contributed by atoms with Crippen LogP contribution in [0, 0.1) is 30.5 Å². The van der Waals surface area contributed by atoms with Crippen molar-refractivity contribution in [3.63, 3.8) is 0 Å². The highest BCUT2D eigenvalue weighted by molar-refractivity contribution is 5.95. The summed E-state index contributed by atoms with van der Waals surface area (Å²) in [6, 6.07) is 5.34. The molecular formula is C26H35FN2O2. The number of amides is 2. The SMILES string of the molecule is Cc1c(F)cccc1C(=O)N1C[C@H]2C[C@@H](C1)[C@H](CC1CCCCC1)N1C(=O)CCC[C@@H]21. The van der Waals surface area contributed by atoms with Gasteiger partial charge in [-0.1, -0.05) is 38.2 Å². The molecule has 4 nitrogen and oxygen atoms in total. The van der Waals surface area contributed by atoms with E-state index in [1.807, 2.05) is 4.90 Å². The van der Waals surface area contributed by atoms with Crippen molar-refractivity contribution in [3.05, 3.63) is 35.1 Å². The van der Waals surface area contributed by atoms with Gasteiger partial charge < -0.3 is 9.80 Å². The summed E-state index contributed by atoms with van der Waals surface area (Å²) < 4.78 is 14.1. The molecule has 31 heavy (non-hydrogen) atoms. The van der Waals surface area contributed by atoms with Crippen LogP contribution in [0.15, 0.2) is 18.2 Å². The van der Waals surface area contributed by atoms with Crippen molar-refractivity contribution in [2.24, 2.45) is 17.8 Å². The lowest BCUT2D eigenvalue weighted by atomic mass is 9.69.